The van der Waals surface area contributed by atoms with Crippen molar-refractivity contribution >= 4 is 23.6 Å². The molecule has 0 bridgehead atoms. The number of benzene rings is 3. The highest BCUT2D eigenvalue weighted by atomic mass is 32.2. The van der Waals surface area contributed by atoms with E-state index < -0.39 is 12.3 Å². The number of aliphatic hydroxyl groups is 1. The SMILES string of the molecule is Cn1nnnc1SC[C@H]1C[C@@H](c2ccc(CO)cc2)O[C@@H](c2ccc(-c3ccccc3CNC(=O)CCCCCCC(=O)O)cc2)O1. The lowest BCUT2D eigenvalue weighted by Crippen LogP contribution is -2.31. The number of aryl methyl sites for hydroxylation is 1. The number of ether oxygens (including phenoxy) is 2. The molecule has 11 nitrogen and oxygen atoms in total. The first kappa shape index (κ1) is 34.2. The molecule has 3 atom stereocenters. The van der Waals surface area contributed by atoms with Crippen LogP contribution in [0.1, 0.15) is 79.6 Å². The molecule has 3 aromatic carbocycles. The minimum absolute atomic E-state index is 0.0105. The summed E-state index contributed by atoms with van der Waals surface area (Å²) in [6, 6.07) is 24.0. The van der Waals surface area contributed by atoms with E-state index in [-0.39, 0.29) is 31.1 Å². The van der Waals surface area contributed by atoms with Crippen molar-refractivity contribution in [1.29, 1.82) is 0 Å². The summed E-state index contributed by atoms with van der Waals surface area (Å²) >= 11 is 1.54. The van der Waals surface area contributed by atoms with Crippen LogP contribution >= 0.6 is 11.8 Å². The molecule has 248 valence electrons. The largest absolute Gasteiger partial charge is 0.481 e. The molecular weight excluding hydrogens is 618 g/mol. The Kier molecular flexibility index (Phi) is 12.5. The number of carboxylic acids is 1. The number of rotatable bonds is 16. The summed E-state index contributed by atoms with van der Waals surface area (Å²) in [6.45, 7) is 0.406. The van der Waals surface area contributed by atoms with Crippen molar-refractivity contribution in [3.63, 3.8) is 0 Å². The van der Waals surface area contributed by atoms with Gasteiger partial charge >= 0.3 is 5.97 Å². The van der Waals surface area contributed by atoms with Gasteiger partial charge in [-0.3, -0.25) is 9.59 Å². The van der Waals surface area contributed by atoms with Gasteiger partial charge in [-0.15, -0.1) is 5.10 Å². The van der Waals surface area contributed by atoms with Crippen molar-refractivity contribution < 1.29 is 29.3 Å². The maximum Gasteiger partial charge on any atom is 0.303 e. The average molecular weight is 660 g/mol. The number of carbonyl (C=O) groups is 2. The van der Waals surface area contributed by atoms with E-state index in [0.717, 1.165) is 52.6 Å². The Labute approximate surface area is 278 Å². The molecule has 4 aromatic rings. The predicted octanol–water partition coefficient (Wildman–Crippen LogP) is 5.75. The van der Waals surface area contributed by atoms with Crippen LogP contribution in [0.25, 0.3) is 11.1 Å². The van der Waals surface area contributed by atoms with Gasteiger partial charge in [0, 0.05) is 44.2 Å². The molecule has 1 amide bonds. The molecule has 1 fully saturated rings. The second-order valence-electron chi connectivity index (χ2n) is 11.6. The third-order valence-electron chi connectivity index (χ3n) is 8.13. The smallest absolute Gasteiger partial charge is 0.303 e. The Morgan fingerprint density at radius 3 is 2.36 bits per heavy atom. The summed E-state index contributed by atoms with van der Waals surface area (Å²) in [4.78, 5) is 23.1. The molecule has 1 aliphatic heterocycles. The molecule has 0 radical (unpaired) electrons. The van der Waals surface area contributed by atoms with Crippen LogP contribution in [0.15, 0.2) is 78.0 Å². The lowest BCUT2D eigenvalue weighted by molar-refractivity contribution is -0.245. The molecule has 3 N–H and O–H groups in total. The Bertz CT molecular complexity index is 1600. The van der Waals surface area contributed by atoms with Crippen molar-refractivity contribution in [3.05, 3.63) is 95.1 Å². The van der Waals surface area contributed by atoms with E-state index in [0.29, 0.717) is 36.7 Å². The van der Waals surface area contributed by atoms with Crippen LogP contribution in [0.3, 0.4) is 0 Å². The number of hydrogen-bond donors (Lipinski definition) is 3. The third kappa shape index (κ3) is 9.94. The predicted molar refractivity (Wildman–Crippen MR) is 177 cm³/mol. The van der Waals surface area contributed by atoms with E-state index in [1.165, 1.54) is 0 Å². The Morgan fingerprint density at radius 2 is 1.66 bits per heavy atom. The molecule has 0 saturated carbocycles. The first-order chi connectivity index (χ1) is 22.9. The van der Waals surface area contributed by atoms with E-state index in [4.69, 9.17) is 14.6 Å². The fourth-order valence-electron chi connectivity index (χ4n) is 5.51. The van der Waals surface area contributed by atoms with Gasteiger partial charge in [-0.1, -0.05) is 97.4 Å². The fourth-order valence-corrected chi connectivity index (χ4v) is 6.37. The van der Waals surface area contributed by atoms with Crippen LogP contribution in [-0.2, 0) is 39.3 Å². The fraction of sp³-hybridized carbons (Fsp3) is 0.400. The maximum absolute atomic E-state index is 12.5. The summed E-state index contributed by atoms with van der Waals surface area (Å²) < 4.78 is 14.6. The van der Waals surface area contributed by atoms with Crippen molar-refractivity contribution in [2.45, 2.75) is 81.8 Å². The van der Waals surface area contributed by atoms with Crippen LogP contribution in [0.4, 0.5) is 0 Å². The number of aliphatic hydroxyl groups excluding tert-OH is 1. The van der Waals surface area contributed by atoms with Crippen molar-refractivity contribution in [1.82, 2.24) is 25.5 Å². The van der Waals surface area contributed by atoms with E-state index in [1.54, 1.807) is 16.4 Å². The van der Waals surface area contributed by atoms with E-state index in [9.17, 15) is 14.7 Å². The normalized spacial score (nSPS) is 17.8. The Hall–Kier alpha value is -4.10. The Morgan fingerprint density at radius 1 is 0.936 bits per heavy atom. The highest BCUT2D eigenvalue weighted by Crippen LogP contribution is 2.39. The summed E-state index contributed by atoms with van der Waals surface area (Å²) in [5, 5.41) is 33.7. The highest BCUT2D eigenvalue weighted by molar-refractivity contribution is 7.99. The number of tetrazole rings is 1. The lowest BCUT2D eigenvalue weighted by Gasteiger charge is -2.36. The quantitative estimate of drug-likeness (QED) is 0.100. The number of hydrogen-bond acceptors (Lipinski definition) is 9. The second-order valence-corrected chi connectivity index (χ2v) is 12.6. The molecule has 0 unspecified atom stereocenters. The molecular formula is C35H41N5O6S. The molecule has 2 heterocycles. The number of carboxylic acid groups (broad SMARTS) is 1. The lowest BCUT2D eigenvalue weighted by atomic mass is 9.97. The number of unbranched alkanes of at least 4 members (excludes halogenated alkanes) is 3. The van der Waals surface area contributed by atoms with Gasteiger partial charge in [0.2, 0.25) is 11.1 Å². The first-order valence-corrected chi connectivity index (χ1v) is 16.9. The van der Waals surface area contributed by atoms with Crippen LogP contribution < -0.4 is 5.32 Å². The number of carbonyl (C=O) groups excluding carboxylic acids is 1. The molecule has 47 heavy (non-hydrogen) atoms. The topological polar surface area (TPSA) is 149 Å². The van der Waals surface area contributed by atoms with E-state index >= 15 is 0 Å². The second kappa shape index (κ2) is 17.2. The van der Waals surface area contributed by atoms with Gasteiger partial charge in [0.05, 0.1) is 18.8 Å². The molecule has 1 saturated heterocycles. The zero-order valence-electron chi connectivity index (χ0n) is 26.5. The number of aromatic nitrogens is 4. The van der Waals surface area contributed by atoms with E-state index in [2.05, 4.69) is 33.0 Å². The Balaban J connectivity index is 1.23. The maximum atomic E-state index is 12.5. The monoisotopic (exact) mass is 659 g/mol. The molecule has 1 aromatic heterocycles. The number of amides is 1. The van der Waals surface area contributed by atoms with Crippen molar-refractivity contribution in [2.75, 3.05) is 5.75 Å². The minimum atomic E-state index is -0.779. The van der Waals surface area contributed by atoms with Crippen LogP contribution in [-0.4, -0.2) is 54.2 Å². The van der Waals surface area contributed by atoms with Gasteiger partial charge in [-0.2, -0.15) is 0 Å². The first-order valence-electron chi connectivity index (χ1n) is 15.9. The van der Waals surface area contributed by atoms with E-state index in [1.807, 2.05) is 67.7 Å². The molecule has 12 heteroatoms. The summed E-state index contributed by atoms with van der Waals surface area (Å²) in [7, 11) is 1.81. The highest BCUT2D eigenvalue weighted by Gasteiger charge is 2.32. The van der Waals surface area contributed by atoms with Gasteiger partial charge in [0.1, 0.15) is 0 Å². The molecule has 5 rings (SSSR count). The van der Waals surface area contributed by atoms with Crippen molar-refractivity contribution in [2.24, 2.45) is 7.05 Å². The minimum Gasteiger partial charge on any atom is -0.481 e. The zero-order valence-corrected chi connectivity index (χ0v) is 27.3. The van der Waals surface area contributed by atoms with Crippen molar-refractivity contribution in [3.8, 4) is 11.1 Å². The van der Waals surface area contributed by atoms with Gasteiger partial charge in [0.25, 0.3) is 0 Å². The number of aliphatic carboxylic acids is 1. The standard InChI is InChI=1S/C35H41N5O6S/c1-40-35(37-38-39-40)47-23-29-20-31(26-14-12-24(22-41)13-15-26)46-34(45-29)27-18-16-25(17-19-27)30-9-7-6-8-28(30)21-36-32(42)10-4-2-3-5-11-33(43)44/h6-9,12-19,29,31,34,41H,2-5,10-11,20-23H2,1H3,(H,36,42)(H,43,44)/t29-,31+,34+/m1/s1. The average Bonchev–Trinajstić information content (AvgIpc) is 3.52. The zero-order chi connectivity index (χ0) is 33.0. The number of thioether (sulfide) groups is 1. The van der Waals surface area contributed by atoms with Gasteiger partial charge < -0.3 is 25.0 Å². The van der Waals surface area contributed by atoms with Crippen LogP contribution in [0, 0.1) is 0 Å². The number of nitrogens with zero attached hydrogens (tertiary/aromatic N) is 4. The molecule has 0 spiro atoms. The third-order valence-corrected chi connectivity index (χ3v) is 9.27. The number of nitrogens with one attached hydrogen (secondary N) is 1. The molecule has 1 aliphatic rings. The summed E-state index contributed by atoms with van der Waals surface area (Å²) in [5.74, 6) is -0.136. The van der Waals surface area contributed by atoms with Gasteiger partial charge in [-0.05, 0) is 51.1 Å². The molecule has 0 aliphatic carbocycles. The van der Waals surface area contributed by atoms with Crippen LogP contribution in [0.2, 0.25) is 0 Å². The summed E-state index contributed by atoms with van der Waals surface area (Å²) in [6.07, 6.45) is 3.40. The summed E-state index contributed by atoms with van der Waals surface area (Å²) in [5.41, 5.74) is 5.84. The van der Waals surface area contributed by atoms with Gasteiger partial charge in [0.15, 0.2) is 6.29 Å². The van der Waals surface area contributed by atoms with Crippen LogP contribution in [0.5, 0.6) is 0 Å². The van der Waals surface area contributed by atoms with Gasteiger partial charge in [-0.25, -0.2) is 4.68 Å².